The maximum atomic E-state index is 11.9. The van der Waals surface area contributed by atoms with Crippen LogP contribution in [0, 0.1) is 0 Å². The maximum absolute atomic E-state index is 11.9. The number of rotatable bonds is 5. The molecule has 0 radical (unpaired) electrons. The van der Waals surface area contributed by atoms with Gasteiger partial charge in [-0.15, -0.1) is 0 Å². The van der Waals surface area contributed by atoms with E-state index in [-0.39, 0.29) is 0 Å². The minimum Gasteiger partial charge on any atom is -0.366 e. The van der Waals surface area contributed by atoms with Crippen molar-refractivity contribution >= 4 is 41.3 Å². The van der Waals surface area contributed by atoms with Crippen molar-refractivity contribution in [2.75, 3.05) is 5.32 Å². The van der Waals surface area contributed by atoms with Gasteiger partial charge in [-0.1, -0.05) is 41.4 Å². The topological polar surface area (TPSA) is 90.0 Å². The van der Waals surface area contributed by atoms with Crippen LogP contribution in [0.15, 0.2) is 48.9 Å². The van der Waals surface area contributed by atoms with Gasteiger partial charge in [-0.2, -0.15) is 0 Å². The SMILES string of the molecule is NC(=O)c1cn(-c2cc(NC=O)ncc2Cl)cc1-c1ccccc1Cl. The Bertz CT molecular complexity index is 969. The van der Waals surface area contributed by atoms with Gasteiger partial charge in [-0.05, 0) is 6.07 Å². The van der Waals surface area contributed by atoms with Crippen molar-refractivity contribution in [3.05, 3.63) is 64.5 Å². The summed E-state index contributed by atoms with van der Waals surface area (Å²) in [5.41, 5.74) is 7.59. The van der Waals surface area contributed by atoms with Gasteiger partial charge in [0.25, 0.3) is 5.91 Å². The van der Waals surface area contributed by atoms with Crippen LogP contribution < -0.4 is 11.1 Å². The van der Waals surface area contributed by atoms with Crippen LogP contribution in [0.1, 0.15) is 10.4 Å². The Kier molecular flexibility index (Phi) is 4.74. The molecule has 2 heterocycles. The van der Waals surface area contributed by atoms with E-state index in [0.717, 1.165) is 0 Å². The molecule has 0 unspecified atom stereocenters. The van der Waals surface area contributed by atoms with Crippen LogP contribution in [0.2, 0.25) is 10.0 Å². The molecule has 6 nitrogen and oxygen atoms in total. The first-order valence-electron chi connectivity index (χ1n) is 7.14. The number of primary amides is 1. The van der Waals surface area contributed by atoms with Crippen LogP contribution in [-0.2, 0) is 4.79 Å². The third-order valence-corrected chi connectivity index (χ3v) is 4.20. The zero-order chi connectivity index (χ0) is 18.0. The fraction of sp³-hybridized carbons (Fsp3) is 0. The van der Waals surface area contributed by atoms with Gasteiger partial charge < -0.3 is 15.6 Å². The van der Waals surface area contributed by atoms with Crippen molar-refractivity contribution in [1.82, 2.24) is 9.55 Å². The molecule has 0 bridgehead atoms. The number of hydrogen-bond donors (Lipinski definition) is 2. The summed E-state index contributed by atoms with van der Waals surface area (Å²) in [5.74, 6) is -0.270. The standard InChI is InChI=1S/C17H12Cl2N4O2/c18-13-4-2-1-3-10(13)11-7-23(8-12(11)17(20)25)15-5-16(22-9-24)21-6-14(15)19/h1-9H,(H2,20,25)(H,21,22,24). The molecule has 0 saturated heterocycles. The lowest BCUT2D eigenvalue weighted by atomic mass is 10.0. The van der Waals surface area contributed by atoms with E-state index in [0.29, 0.717) is 44.7 Å². The Labute approximate surface area is 153 Å². The predicted molar refractivity (Wildman–Crippen MR) is 97.2 cm³/mol. The molecule has 2 aromatic heterocycles. The number of carbonyl (C=O) groups excluding carboxylic acids is 2. The Balaban J connectivity index is 2.18. The van der Waals surface area contributed by atoms with Crippen LogP contribution >= 0.6 is 23.2 Å². The van der Waals surface area contributed by atoms with Gasteiger partial charge in [0.1, 0.15) is 5.82 Å². The molecule has 3 N–H and O–H groups in total. The molecule has 0 aliphatic carbocycles. The minimum absolute atomic E-state index is 0.297. The number of nitrogens with one attached hydrogen (secondary N) is 1. The molecule has 0 aliphatic rings. The summed E-state index contributed by atoms with van der Waals surface area (Å²) in [6.45, 7) is 0. The second-order valence-electron chi connectivity index (χ2n) is 5.12. The molecule has 8 heteroatoms. The van der Waals surface area contributed by atoms with Crippen LogP contribution in [0.4, 0.5) is 5.82 Å². The quantitative estimate of drug-likeness (QED) is 0.669. The van der Waals surface area contributed by atoms with Crippen LogP contribution in [0.25, 0.3) is 16.8 Å². The van der Waals surface area contributed by atoms with E-state index in [1.165, 1.54) is 6.20 Å². The summed E-state index contributed by atoms with van der Waals surface area (Å²) in [4.78, 5) is 26.5. The molecule has 1 aromatic carbocycles. The van der Waals surface area contributed by atoms with E-state index < -0.39 is 5.91 Å². The Hall–Kier alpha value is -2.83. The van der Waals surface area contributed by atoms with Crippen molar-refractivity contribution in [2.45, 2.75) is 0 Å². The Morgan fingerprint density at radius 1 is 1.16 bits per heavy atom. The Morgan fingerprint density at radius 3 is 2.60 bits per heavy atom. The molecular weight excluding hydrogens is 363 g/mol. The first kappa shape index (κ1) is 17.0. The molecule has 3 aromatic rings. The number of halogens is 2. The summed E-state index contributed by atoms with van der Waals surface area (Å²) < 4.78 is 1.64. The summed E-state index contributed by atoms with van der Waals surface area (Å²) in [7, 11) is 0. The predicted octanol–water partition coefficient (Wildman–Crippen LogP) is 3.51. The average Bonchev–Trinajstić information content (AvgIpc) is 3.02. The zero-order valence-corrected chi connectivity index (χ0v) is 14.3. The molecule has 25 heavy (non-hydrogen) atoms. The molecule has 0 atom stereocenters. The fourth-order valence-electron chi connectivity index (χ4n) is 2.45. The molecule has 3 rings (SSSR count). The van der Waals surface area contributed by atoms with Crippen LogP contribution in [0.3, 0.4) is 0 Å². The third-order valence-electron chi connectivity index (χ3n) is 3.58. The summed E-state index contributed by atoms with van der Waals surface area (Å²) in [5, 5.41) is 3.29. The number of nitrogens with two attached hydrogens (primary N) is 1. The van der Waals surface area contributed by atoms with E-state index in [1.807, 2.05) is 6.07 Å². The second-order valence-corrected chi connectivity index (χ2v) is 5.93. The number of benzene rings is 1. The number of anilines is 1. The lowest BCUT2D eigenvalue weighted by molar-refractivity contribution is -0.105. The molecule has 0 aliphatic heterocycles. The first-order valence-corrected chi connectivity index (χ1v) is 7.89. The van der Waals surface area contributed by atoms with Crippen molar-refractivity contribution < 1.29 is 9.59 Å². The van der Waals surface area contributed by atoms with Gasteiger partial charge in [0, 0.05) is 34.6 Å². The van der Waals surface area contributed by atoms with Gasteiger partial charge in [0.05, 0.1) is 22.5 Å². The van der Waals surface area contributed by atoms with E-state index in [1.54, 1.807) is 41.2 Å². The van der Waals surface area contributed by atoms with Gasteiger partial charge in [-0.3, -0.25) is 9.59 Å². The van der Waals surface area contributed by atoms with Crippen molar-refractivity contribution in [3.8, 4) is 16.8 Å². The minimum atomic E-state index is -0.593. The van der Waals surface area contributed by atoms with Gasteiger partial charge in [0.15, 0.2) is 0 Å². The largest absolute Gasteiger partial charge is 0.366 e. The van der Waals surface area contributed by atoms with Crippen molar-refractivity contribution in [1.29, 1.82) is 0 Å². The van der Waals surface area contributed by atoms with E-state index >= 15 is 0 Å². The number of carbonyl (C=O) groups is 2. The molecule has 126 valence electrons. The van der Waals surface area contributed by atoms with Gasteiger partial charge in [0.2, 0.25) is 6.41 Å². The smallest absolute Gasteiger partial charge is 0.250 e. The van der Waals surface area contributed by atoms with Gasteiger partial charge >= 0.3 is 0 Å². The highest BCUT2D eigenvalue weighted by Crippen LogP contribution is 2.33. The van der Waals surface area contributed by atoms with Crippen molar-refractivity contribution in [3.63, 3.8) is 0 Å². The normalized spacial score (nSPS) is 10.5. The zero-order valence-electron chi connectivity index (χ0n) is 12.7. The summed E-state index contributed by atoms with van der Waals surface area (Å²) >= 11 is 12.4. The molecular formula is C17H12Cl2N4O2. The van der Waals surface area contributed by atoms with E-state index in [2.05, 4.69) is 10.3 Å². The summed E-state index contributed by atoms with van der Waals surface area (Å²) in [6, 6.07) is 8.71. The molecule has 0 saturated carbocycles. The number of nitrogens with zero attached hydrogens (tertiary/aromatic N) is 2. The number of amides is 2. The number of hydrogen-bond acceptors (Lipinski definition) is 3. The van der Waals surface area contributed by atoms with E-state index in [9.17, 15) is 9.59 Å². The lowest BCUT2D eigenvalue weighted by Crippen LogP contribution is -2.11. The van der Waals surface area contributed by atoms with Crippen LogP contribution in [0.5, 0.6) is 0 Å². The van der Waals surface area contributed by atoms with Crippen molar-refractivity contribution in [2.24, 2.45) is 5.73 Å². The monoisotopic (exact) mass is 374 g/mol. The lowest BCUT2D eigenvalue weighted by Gasteiger charge is -2.07. The van der Waals surface area contributed by atoms with E-state index in [4.69, 9.17) is 28.9 Å². The number of pyridine rings is 1. The fourth-order valence-corrected chi connectivity index (χ4v) is 2.89. The average molecular weight is 375 g/mol. The molecule has 2 amide bonds. The number of aromatic nitrogens is 2. The molecule has 0 fully saturated rings. The second kappa shape index (κ2) is 6.96. The highest BCUT2D eigenvalue weighted by molar-refractivity contribution is 6.33. The highest BCUT2D eigenvalue weighted by Gasteiger charge is 2.17. The summed E-state index contributed by atoms with van der Waals surface area (Å²) in [6.07, 6.45) is 5.18. The first-order chi connectivity index (χ1) is 12.0. The Morgan fingerprint density at radius 2 is 1.92 bits per heavy atom. The van der Waals surface area contributed by atoms with Crippen LogP contribution in [-0.4, -0.2) is 21.9 Å². The highest BCUT2D eigenvalue weighted by atomic mass is 35.5. The third kappa shape index (κ3) is 3.35. The van der Waals surface area contributed by atoms with Gasteiger partial charge in [-0.25, -0.2) is 4.98 Å². The molecule has 0 spiro atoms. The maximum Gasteiger partial charge on any atom is 0.250 e.